The molecule has 0 atom stereocenters. The van der Waals surface area contributed by atoms with Gasteiger partial charge in [0.15, 0.2) is 0 Å². The fourth-order valence-electron chi connectivity index (χ4n) is 3.72. The average Bonchev–Trinajstić information content (AvgIpc) is 3.33. The van der Waals surface area contributed by atoms with Crippen molar-refractivity contribution in [1.29, 1.82) is 0 Å². The van der Waals surface area contributed by atoms with Crippen molar-refractivity contribution in [2.45, 2.75) is 0 Å². The standard InChI is InChI=1S/C24H15NO2Se/c26-22-14-21(24(27)25-22)18-9-3-4-10-19(18)23-20(12-13-28-23)17-11-5-7-15-6-1-2-8-16(15)17/h1-14H,(H,25,26,27). The maximum atomic E-state index is 12.3. The van der Waals surface area contributed by atoms with Gasteiger partial charge in [0.2, 0.25) is 0 Å². The first-order valence-corrected chi connectivity index (χ1v) is 10.8. The van der Waals surface area contributed by atoms with E-state index in [2.05, 4.69) is 52.7 Å². The second-order valence-corrected chi connectivity index (χ2v) is 8.53. The van der Waals surface area contributed by atoms with Crippen LogP contribution in [0.15, 0.2) is 83.8 Å². The molecule has 3 aromatic carbocycles. The molecule has 0 spiro atoms. The van der Waals surface area contributed by atoms with Crippen LogP contribution in [0.5, 0.6) is 0 Å². The Morgan fingerprint density at radius 1 is 0.679 bits per heavy atom. The third-order valence-electron chi connectivity index (χ3n) is 4.96. The molecule has 4 aromatic rings. The molecular weight excluding hydrogens is 413 g/mol. The number of hydrogen-bond acceptors (Lipinski definition) is 2. The van der Waals surface area contributed by atoms with Crippen LogP contribution in [0.1, 0.15) is 5.56 Å². The Bertz CT molecular complexity index is 1280. The molecule has 3 nitrogen and oxygen atoms in total. The van der Waals surface area contributed by atoms with Crippen molar-refractivity contribution in [2.24, 2.45) is 0 Å². The Labute approximate surface area is 168 Å². The first kappa shape index (κ1) is 16.9. The quantitative estimate of drug-likeness (QED) is 0.391. The zero-order chi connectivity index (χ0) is 19.1. The zero-order valence-corrected chi connectivity index (χ0v) is 16.5. The summed E-state index contributed by atoms with van der Waals surface area (Å²) in [5.41, 5.74) is 4.65. The van der Waals surface area contributed by atoms with Crippen LogP contribution >= 0.6 is 0 Å². The fourth-order valence-corrected chi connectivity index (χ4v) is 5.71. The number of carbonyl (C=O) groups is 2. The third-order valence-corrected chi connectivity index (χ3v) is 6.95. The molecule has 2 heterocycles. The number of nitrogens with one attached hydrogen (secondary N) is 1. The monoisotopic (exact) mass is 429 g/mol. The summed E-state index contributed by atoms with van der Waals surface area (Å²) in [6.07, 6.45) is 1.40. The van der Waals surface area contributed by atoms with Crippen molar-refractivity contribution in [3.05, 3.63) is 89.4 Å². The molecule has 1 aliphatic rings. The average molecular weight is 428 g/mol. The molecule has 0 unspecified atom stereocenters. The Hall–Kier alpha value is -3.20. The van der Waals surface area contributed by atoms with E-state index in [1.807, 2.05) is 30.3 Å². The number of amides is 2. The molecule has 0 aliphatic carbocycles. The summed E-state index contributed by atoms with van der Waals surface area (Å²) in [7, 11) is 0. The van der Waals surface area contributed by atoms with Gasteiger partial charge < -0.3 is 0 Å². The predicted molar refractivity (Wildman–Crippen MR) is 113 cm³/mol. The van der Waals surface area contributed by atoms with Gasteiger partial charge in [-0.3, -0.25) is 0 Å². The van der Waals surface area contributed by atoms with Crippen molar-refractivity contribution in [2.75, 3.05) is 0 Å². The van der Waals surface area contributed by atoms with Gasteiger partial charge in [-0.1, -0.05) is 0 Å². The molecule has 5 rings (SSSR count). The number of hydrogen-bond donors (Lipinski definition) is 1. The Morgan fingerprint density at radius 2 is 1.39 bits per heavy atom. The van der Waals surface area contributed by atoms with Crippen LogP contribution in [0.2, 0.25) is 0 Å². The van der Waals surface area contributed by atoms with Gasteiger partial charge in [0.05, 0.1) is 0 Å². The molecule has 0 radical (unpaired) electrons. The number of imide groups is 1. The van der Waals surface area contributed by atoms with E-state index < -0.39 is 0 Å². The van der Waals surface area contributed by atoms with E-state index in [0.29, 0.717) is 5.57 Å². The van der Waals surface area contributed by atoms with E-state index in [9.17, 15) is 9.59 Å². The molecule has 0 saturated carbocycles. The number of fused-ring (bicyclic) bond motifs is 1. The predicted octanol–water partition coefficient (Wildman–Crippen LogP) is 4.27. The molecule has 2 amide bonds. The van der Waals surface area contributed by atoms with Gasteiger partial charge >= 0.3 is 168 Å². The van der Waals surface area contributed by atoms with Crippen molar-refractivity contribution >= 4 is 42.7 Å². The molecule has 1 aromatic heterocycles. The van der Waals surface area contributed by atoms with E-state index in [4.69, 9.17) is 0 Å². The summed E-state index contributed by atoms with van der Waals surface area (Å²) < 4.78 is 1.23. The fraction of sp³-hybridized carbons (Fsp3) is 0. The Kier molecular flexibility index (Phi) is 4.08. The molecule has 0 saturated heterocycles. The molecular formula is C24H15NO2Se. The van der Waals surface area contributed by atoms with Crippen molar-refractivity contribution in [1.82, 2.24) is 5.32 Å². The Morgan fingerprint density at radius 3 is 2.21 bits per heavy atom. The van der Waals surface area contributed by atoms with Crippen LogP contribution in [0.3, 0.4) is 0 Å². The summed E-state index contributed by atoms with van der Waals surface area (Å²) in [5, 5.41) is 4.77. The van der Waals surface area contributed by atoms with Gasteiger partial charge in [0.1, 0.15) is 0 Å². The summed E-state index contributed by atoms with van der Waals surface area (Å²) >= 11 is 0.155. The summed E-state index contributed by atoms with van der Waals surface area (Å²) in [4.78, 5) is 26.1. The van der Waals surface area contributed by atoms with Crippen LogP contribution < -0.4 is 5.32 Å². The van der Waals surface area contributed by atoms with Crippen LogP contribution in [0, 0.1) is 0 Å². The van der Waals surface area contributed by atoms with Gasteiger partial charge in [-0.25, -0.2) is 0 Å². The summed E-state index contributed by atoms with van der Waals surface area (Å²) in [6.45, 7) is 0. The number of rotatable bonds is 3. The van der Waals surface area contributed by atoms with E-state index in [0.717, 1.165) is 11.1 Å². The molecule has 134 valence electrons. The van der Waals surface area contributed by atoms with Gasteiger partial charge in [-0.05, 0) is 0 Å². The van der Waals surface area contributed by atoms with Crippen LogP contribution in [0.25, 0.3) is 37.5 Å². The molecule has 28 heavy (non-hydrogen) atoms. The van der Waals surface area contributed by atoms with E-state index >= 15 is 0 Å². The first-order chi connectivity index (χ1) is 13.7. The molecule has 0 fully saturated rings. The first-order valence-electron chi connectivity index (χ1n) is 8.95. The van der Waals surface area contributed by atoms with Gasteiger partial charge in [0, 0.05) is 0 Å². The van der Waals surface area contributed by atoms with Crippen molar-refractivity contribution < 1.29 is 9.59 Å². The second-order valence-electron chi connectivity index (χ2n) is 6.61. The molecule has 1 aliphatic heterocycles. The van der Waals surface area contributed by atoms with Crippen LogP contribution in [0.4, 0.5) is 0 Å². The van der Waals surface area contributed by atoms with Gasteiger partial charge in [-0.15, -0.1) is 0 Å². The number of carbonyl (C=O) groups excluding carboxylic acids is 2. The topological polar surface area (TPSA) is 46.2 Å². The summed E-state index contributed by atoms with van der Waals surface area (Å²) in [6, 6.07) is 24.8. The SMILES string of the molecule is O=C1C=C(c2ccccc2-c2[se]ccc2-c2cccc3ccccc23)C(=O)N1. The maximum absolute atomic E-state index is 12.3. The number of benzene rings is 3. The Balaban J connectivity index is 1.73. The van der Waals surface area contributed by atoms with Crippen LogP contribution in [-0.4, -0.2) is 26.3 Å². The van der Waals surface area contributed by atoms with Crippen LogP contribution in [-0.2, 0) is 9.59 Å². The van der Waals surface area contributed by atoms with Gasteiger partial charge in [0.25, 0.3) is 0 Å². The zero-order valence-electron chi connectivity index (χ0n) is 14.8. The normalized spacial score (nSPS) is 13.6. The van der Waals surface area contributed by atoms with Crippen molar-refractivity contribution in [3.63, 3.8) is 0 Å². The van der Waals surface area contributed by atoms with Gasteiger partial charge in [-0.2, -0.15) is 0 Å². The van der Waals surface area contributed by atoms with E-state index in [1.165, 1.54) is 32.4 Å². The van der Waals surface area contributed by atoms with E-state index in [1.54, 1.807) is 0 Å². The minimum atomic E-state index is -0.354. The molecule has 0 bridgehead atoms. The molecule has 4 heteroatoms. The third kappa shape index (κ3) is 2.75. The molecule has 1 N–H and O–H groups in total. The minimum absolute atomic E-state index is 0.155. The summed E-state index contributed by atoms with van der Waals surface area (Å²) in [5.74, 6) is -0.684. The van der Waals surface area contributed by atoms with E-state index in [-0.39, 0.29) is 26.3 Å². The second kappa shape index (κ2) is 6.75. The van der Waals surface area contributed by atoms with Crippen molar-refractivity contribution in [3.8, 4) is 21.1 Å².